The Morgan fingerprint density at radius 3 is 2.24 bits per heavy atom. The normalized spacial score (nSPS) is 15.0. The van der Waals surface area contributed by atoms with E-state index in [1.807, 2.05) is 6.92 Å². The number of hydrogen-bond donors (Lipinski definition) is 2. The highest BCUT2D eigenvalue weighted by atomic mass is 32.2. The molecule has 0 aliphatic rings. The molecule has 0 bridgehead atoms. The molecule has 0 fully saturated rings. The summed E-state index contributed by atoms with van der Waals surface area (Å²) in [7, 11) is -3.80. The lowest BCUT2D eigenvalue weighted by Crippen LogP contribution is -2.39. The van der Waals surface area contributed by atoms with E-state index in [9.17, 15) is 26.7 Å². The van der Waals surface area contributed by atoms with Crippen LogP contribution in [-0.2, 0) is 22.0 Å². The van der Waals surface area contributed by atoms with Crippen molar-refractivity contribution in [2.24, 2.45) is 0 Å². The Labute approximate surface area is 148 Å². The Morgan fingerprint density at radius 2 is 1.72 bits per heavy atom. The largest absolute Gasteiger partial charge is 0.421 e. The third-order valence-electron chi connectivity index (χ3n) is 3.65. The molecular formula is C16H18F3NO3S2. The number of thiophene rings is 1. The summed E-state index contributed by atoms with van der Waals surface area (Å²) in [6.07, 6.45) is -3.16. The zero-order valence-electron chi connectivity index (χ0n) is 13.6. The van der Waals surface area contributed by atoms with Crippen LogP contribution in [0.15, 0.2) is 40.6 Å². The van der Waals surface area contributed by atoms with Crippen molar-refractivity contribution >= 4 is 27.0 Å². The third kappa shape index (κ3) is 4.34. The molecule has 9 heteroatoms. The number of aryl methyl sites for hydroxylation is 1. The first kappa shape index (κ1) is 19.7. The molecule has 0 saturated heterocycles. The molecule has 0 radical (unpaired) electrons. The molecule has 4 nitrogen and oxygen atoms in total. The molecule has 1 unspecified atom stereocenters. The molecule has 2 N–H and O–H groups in total. The van der Waals surface area contributed by atoms with Gasteiger partial charge in [0.15, 0.2) is 5.60 Å². The van der Waals surface area contributed by atoms with Gasteiger partial charge in [0.2, 0.25) is 0 Å². The lowest BCUT2D eigenvalue weighted by atomic mass is 9.95. The van der Waals surface area contributed by atoms with E-state index < -0.39 is 21.8 Å². The van der Waals surface area contributed by atoms with Crippen LogP contribution in [0.3, 0.4) is 0 Å². The minimum Gasteiger partial charge on any atom is -0.376 e. The average molecular weight is 393 g/mol. The van der Waals surface area contributed by atoms with Crippen LogP contribution in [0.2, 0.25) is 0 Å². The van der Waals surface area contributed by atoms with Gasteiger partial charge in [0.25, 0.3) is 10.0 Å². The van der Waals surface area contributed by atoms with Gasteiger partial charge >= 0.3 is 6.18 Å². The Kier molecular flexibility index (Phi) is 5.50. The van der Waals surface area contributed by atoms with Crippen LogP contribution >= 0.6 is 11.3 Å². The van der Waals surface area contributed by atoms with Gasteiger partial charge in [0.05, 0.1) is 0 Å². The molecule has 1 aromatic heterocycles. The minimum atomic E-state index is -4.83. The summed E-state index contributed by atoms with van der Waals surface area (Å²) in [6, 6.07) is 7.71. The van der Waals surface area contributed by atoms with Gasteiger partial charge in [0.1, 0.15) is 4.21 Å². The zero-order valence-corrected chi connectivity index (χ0v) is 15.2. The summed E-state index contributed by atoms with van der Waals surface area (Å²) in [5.41, 5.74) is -3.26. The van der Waals surface area contributed by atoms with Crippen molar-refractivity contribution in [3.8, 4) is 0 Å². The molecule has 138 valence electrons. The fourth-order valence-corrected chi connectivity index (χ4v) is 4.63. The second kappa shape index (κ2) is 6.97. The van der Waals surface area contributed by atoms with E-state index in [2.05, 4.69) is 4.72 Å². The van der Waals surface area contributed by atoms with Crippen LogP contribution in [0, 0.1) is 0 Å². The lowest BCUT2D eigenvalue weighted by molar-refractivity contribution is -0.258. The molecule has 0 saturated carbocycles. The van der Waals surface area contributed by atoms with Crippen LogP contribution in [-0.4, -0.2) is 19.7 Å². The summed E-state index contributed by atoms with van der Waals surface area (Å²) in [4.78, 5) is 0.944. The van der Waals surface area contributed by atoms with Crippen molar-refractivity contribution in [3.05, 3.63) is 46.8 Å². The number of rotatable bonds is 6. The fraction of sp³-hybridized carbons (Fsp3) is 0.375. The van der Waals surface area contributed by atoms with E-state index >= 15 is 0 Å². The topological polar surface area (TPSA) is 66.4 Å². The second-order valence-corrected chi connectivity index (χ2v) is 8.80. The van der Waals surface area contributed by atoms with E-state index in [0.29, 0.717) is 6.92 Å². The van der Waals surface area contributed by atoms with Crippen LogP contribution in [0.4, 0.5) is 18.9 Å². The first-order chi connectivity index (χ1) is 11.5. The van der Waals surface area contributed by atoms with Crippen LogP contribution in [0.1, 0.15) is 30.7 Å². The molecule has 2 rings (SSSR count). The summed E-state index contributed by atoms with van der Waals surface area (Å²) in [5.74, 6) is 0. The lowest BCUT2D eigenvalue weighted by Gasteiger charge is -2.26. The van der Waals surface area contributed by atoms with Gasteiger partial charge in [-0.15, -0.1) is 11.3 Å². The maximum Gasteiger partial charge on any atom is 0.421 e. The number of anilines is 1. The third-order valence-corrected chi connectivity index (χ3v) is 6.67. The van der Waals surface area contributed by atoms with Gasteiger partial charge in [-0.25, -0.2) is 8.42 Å². The highest BCUT2D eigenvalue weighted by Gasteiger charge is 2.51. The molecular weight excluding hydrogens is 375 g/mol. The molecule has 0 spiro atoms. The number of halogens is 3. The van der Waals surface area contributed by atoms with Gasteiger partial charge < -0.3 is 5.11 Å². The quantitative estimate of drug-likeness (QED) is 0.770. The van der Waals surface area contributed by atoms with E-state index in [4.69, 9.17) is 0 Å². The maximum absolute atomic E-state index is 12.8. The molecule has 0 aliphatic carbocycles. The second-order valence-electron chi connectivity index (χ2n) is 5.72. The summed E-state index contributed by atoms with van der Waals surface area (Å²) >= 11 is 1.16. The van der Waals surface area contributed by atoms with Crippen molar-refractivity contribution < 1.29 is 26.7 Å². The van der Waals surface area contributed by atoms with Gasteiger partial charge in [-0.1, -0.05) is 25.5 Å². The van der Waals surface area contributed by atoms with Crippen molar-refractivity contribution in [1.29, 1.82) is 0 Å². The minimum absolute atomic E-state index is 0.118. The molecule has 2 aromatic rings. The Morgan fingerprint density at radius 1 is 1.12 bits per heavy atom. The predicted molar refractivity (Wildman–Crippen MR) is 91.2 cm³/mol. The van der Waals surface area contributed by atoms with E-state index in [1.54, 1.807) is 6.07 Å². The van der Waals surface area contributed by atoms with Crippen molar-refractivity contribution in [2.45, 2.75) is 42.7 Å². The molecule has 25 heavy (non-hydrogen) atoms. The van der Waals surface area contributed by atoms with Crippen LogP contribution in [0.25, 0.3) is 0 Å². The number of benzene rings is 1. The Hall–Kier alpha value is -1.58. The standard InChI is InChI=1S/C16H18F3NO3S2/c1-3-4-13-9-10-14(24-13)25(22,23)20-12-7-5-11(6-8-12)15(2,21)16(17,18)19/h5-10,20-21H,3-4H2,1-2H3. The monoisotopic (exact) mass is 393 g/mol. The van der Waals surface area contributed by atoms with E-state index in [-0.39, 0.29) is 15.5 Å². The van der Waals surface area contributed by atoms with Crippen molar-refractivity contribution in [3.63, 3.8) is 0 Å². The first-order valence-corrected chi connectivity index (χ1v) is 9.78. The van der Waals surface area contributed by atoms with Crippen molar-refractivity contribution in [2.75, 3.05) is 4.72 Å². The van der Waals surface area contributed by atoms with Crippen molar-refractivity contribution in [1.82, 2.24) is 0 Å². The molecule has 1 atom stereocenters. The summed E-state index contributed by atoms with van der Waals surface area (Å²) in [5, 5.41) is 9.62. The molecule has 1 heterocycles. The summed E-state index contributed by atoms with van der Waals surface area (Å²) in [6.45, 7) is 2.64. The maximum atomic E-state index is 12.8. The van der Waals surface area contributed by atoms with E-state index in [0.717, 1.165) is 41.2 Å². The highest BCUT2D eigenvalue weighted by molar-refractivity contribution is 7.94. The number of nitrogens with one attached hydrogen (secondary N) is 1. The highest BCUT2D eigenvalue weighted by Crippen LogP contribution is 2.38. The number of hydrogen-bond acceptors (Lipinski definition) is 4. The molecule has 0 aliphatic heterocycles. The number of alkyl halides is 3. The van der Waals surface area contributed by atoms with Gasteiger partial charge in [-0.2, -0.15) is 13.2 Å². The fourth-order valence-electron chi connectivity index (χ4n) is 2.12. The average Bonchev–Trinajstić information content (AvgIpc) is 2.96. The predicted octanol–water partition coefficient (Wildman–Crippen LogP) is 4.27. The zero-order chi connectivity index (χ0) is 18.9. The smallest absolute Gasteiger partial charge is 0.376 e. The van der Waals surface area contributed by atoms with Gasteiger partial charge in [-0.3, -0.25) is 4.72 Å². The van der Waals surface area contributed by atoms with Crippen LogP contribution in [0.5, 0.6) is 0 Å². The SMILES string of the molecule is CCCc1ccc(S(=O)(=O)Nc2ccc(C(C)(O)C(F)(F)F)cc2)s1. The Balaban J connectivity index is 2.20. The molecule has 0 amide bonds. The van der Waals surface area contributed by atoms with Crippen LogP contribution < -0.4 is 4.72 Å². The summed E-state index contributed by atoms with van der Waals surface area (Å²) < 4.78 is 65.6. The Bertz CT molecular complexity index is 825. The number of aliphatic hydroxyl groups is 1. The molecule has 1 aromatic carbocycles. The van der Waals surface area contributed by atoms with Gasteiger partial charge in [0, 0.05) is 10.6 Å². The van der Waals surface area contributed by atoms with Gasteiger partial charge in [-0.05, 0) is 43.2 Å². The first-order valence-electron chi connectivity index (χ1n) is 7.48. The number of sulfonamides is 1. The van der Waals surface area contributed by atoms with E-state index in [1.165, 1.54) is 18.2 Å².